The average Bonchev–Trinajstić information content (AvgIpc) is 1.82. The zero-order valence-corrected chi connectivity index (χ0v) is 4.86. The third-order valence-electron chi connectivity index (χ3n) is 0.867. The summed E-state index contributed by atoms with van der Waals surface area (Å²) in [5.41, 5.74) is 0. The maximum absolute atomic E-state index is 10.3. The van der Waals surface area contributed by atoms with E-state index in [0.29, 0.717) is 0 Å². The Bertz CT molecular complexity index is 205. The van der Waals surface area contributed by atoms with Gasteiger partial charge in [-0.2, -0.15) is 0 Å². The lowest BCUT2D eigenvalue weighted by atomic mass is 10.5. The van der Waals surface area contributed by atoms with E-state index in [1.807, 2.05) is 4.72 Å². The number of nitrogens with one attached hydrogen (secondary N) is 1. The fourth-order valence-electron chi connectivity index (χ4n) is 0.503. The third-order valence-corrected chi connectivity index (χ3v) is 2.15. The molecule has 1 aliphatic rings. The summed E-state index contributed by atoms with van der Waals surface area (Å²) in [6.07, 6.45) is 0.113. The maximum Gasteiger partial charge on any atom is 0.235 e. The zero-order chi connectivity index (χ0) is 6.20. The molecule has 0 aromatic heterocycles. The van der Waals surface area contributed by atoms with E-state index in [4.69, 9.17) is 0 Å². The van der Waals surface area contributed by atoms with Crippen molar-refractivity contribution in [1.29, 1.82) is 0 Å². The SMILES string of the molecule is O=C1CCS(=O)(=O)N1. The smallest absolute Gasteiger partial charge is 0.235 e. The number of hydrogen-bond donors (Lipinski definition) is 1. The Hall–Kier alpha value is -0.580. The Morgan fingerprint density at radius 1 is 1.50 bits per heavy atom. The quantitative estimate of drug-likeness (QED) is 0.455. The Kier molecular flexibility index (Phi) is 1.00. The Balaban J connectivity index is 2.86. The van der Waals surface area contributed by atoms with Crippen molar-refractivity contribution in [2.75, 3.05) is 5.75 Å². The van der Waals surface area contributed by atoms with Crippen LogP contribution >= 0.6 is 0 Å². The monoisotopic (exact) mass is 135 g/mol. The van der Waals surface area contributed by atoms with Crippen molar-refractivity contribution < 1.29 is 13.2 Å². The number of hydrogen-bond acceptors (Lipinski definition) is 3. The van der Waals surface area contributed by atoms with Gasteiger partial charge in [0, 0.05) is 6.42 Å². The predicted octanol–water partition coefficient (Wildman–Crippen LogP) is -1.16. The second kappa shape index (κ2) is 1.45. The first-order valence-electron chi connectivity index (χ1n) is 2.13. The highest BCUT2D eigenvalue weighted by atomic mass is 32.2. The molecule has 1 aliphatic heterocycles. The molecule has 1 N–H and O–H groups in total. The molecule has 0 spiro atoms. The number of amides is 1. The van der Waals surface area contributed by atoms with E-state index < -0.39 is 15.9 Å². The zero-order valence-electron chi connectivity index (χ0n) is 4.05. The van der Waals surface area contributed by atoms with Crippen LogP contribution in [0.4, 0.5) is 0 Å². The third kappa shape index (κ3) is 0.975. The van der Waals surface area contributed by atoms with Crippen molar-refractivity contribution in [2.24, 2.45) is 0 Å². The van der Waals surface area contributed by atoms with Crippen molar-refractivity contribution in [3.63, 3.8) is 0 Å². The van der Waals surface area contributed by atoms with Gasteiger partial charge in [0.15, 0.2) is 0 Å². The lowest BCUT2D eigenvalue weighted by Crippen LogP contribution is -2.20. The fraction of sp³-hybridized carbons (Fsp3) is 0.667. The van der Waals surface area contributed by atoms with Crippen LogP contribution in [-0.2, 0) is 14.8 Å². The molecule has 0 aromatic carbocycles. The molecule has 4 nitrogen and oxygen atoms in total. The van der Waals surface area contributed by atoms with Gasteiger partial charge >= 0.3 is 0 Å². The van der Waals surface area contributed by atoms with Gasteiger partial charge in [-0.25, -0.2) is 8.42 Å². The molecule has 46 valence electrons. The molecule has 1 heterocycles. The van der Waals surface area contributed by atoms with Gasteiger partial charge in [-0.3, -0.25) is 9.52 Å². The predicted molar refractivity (Wildman–Crippen MR) is 26.5 cm³/mol. The highest BCUT2D eigenvalue weighted by molar-refractivity contribution is 7.90. The van der Waals surface area contributed by atoms with Gasteiger partial charge in [-0.05, 0) is 0 Å². The van der Waals surface area contributed by atoms with Gasteiger partial charge in [0.05, 0.1) is 5.75 Å². The van der Waals surface area contributed by atoms with E-state index in [-0.39, 0.29) is 12.2 Å². The van der Waals surface area contributed by atoms with E-state index in [2.05, 4.69) is 0 Å². The topological polar surface area (TPSA) is 63.2 Å². The van der Waals surface area contributed by atoms with Crippen LogP contribution in [0.5, 0.6) is 0 Å². The molecular formula is C3H5NO3S. The minimum absolute atomic E-state index is 0.0498. The summed E-state index contributed by atoms with van der Waals surface area (Å²) >= 11 is 0. The summed E-state index contributed by atoms with van der Waals surface area (Å²) in [6, 6.07) is 0. The number of carbonyl (C=O) groups is 1. The summed E-state index contributed by atoms with van der Waals surface area (Å²) in [5.74, 6) is -0.448. The van der Waals surface area contributed by atoms with E-state index in [0.717, 1.165) is 0 Å². The first-order chi connectivity index (χ1) is 3.60. The second-order valence-corrected chi connectivity index (χ2v) is 3.44. The van der Waals surface area contributed by atoms with Crippen LogP contribution in [0.15, 0.2) is 0 Å². The summed E-state index contributed by atoms with van der Waals surface area (Å²) < 4.78 is 22.4. The maximum atomic E-state index is 10.3. The van der Waals surface area contributed by atoms with Crippen LogP contribution in [0.25, 0.3) is 0 Å². The second-order valence-electron chi connectivity index (χ2n) is 1.59. The van der Waals surface area contributed by atoms with Crippen LogP contribution < -0.4 is 4.72 Å². The number of sulfonamides is 1. The molecule has 0 unspecified atom stereocenters. The van der Waals surface area contributed by atoms with Crippen molar-refractivity contribution in [3.8, 4) is 0 Å². The Morgan fingerprint density at radius 2 is 2.12 bits per heavy atom. The molecule has 0 aliphatic carbocycles. The first kappa shape index (κ1) is 5.55. The minimum atomic E-state index is -3.20. The van der Waals surface area contributed by atoms with Crippen molar-refractivity contribution >= 4 is 15.9 Å². The summed E-state index contributed by atoms with van der Waals surface area (Å²) in [6.45, 7) is 0. The number of rotatable bonds is 0. The van der Waals surface area contributed by atoms with Crippen molar-refractivity contribution in [3.05, 3.63) is 0 Å². The molecular weight excluding hydrogens is 130 g/mol. The normalized spacial score (nSPS) is 25.2. The minimum Gasteiger partial charge on any atom is -0.274 e. The first-order valence-corrected chi connectivity index (χ1v) is 3.79. The molecule has 0 bridgehead atoms. The van der Waals surface area contributed by atoms with Gasteiger partial charge in [0.25, 0.3) is 0 Å². The number of carbonyl (C=O) groups excluding carboxylic acids is 1. The van der Waals surface area contributed by atoms with Crippen molar-refractivity contribution in [2.45, 2.75) is 6.42 Å². The van der Waals surface area contributed by atoms with Crippen LogP contribution in [0.2, 0.25) is 0 Å². The molecule has 8 heavy (non-hydrogen) atoms. The van der Waals surface area contributed by atoms with E-state index >= 15 is 0 Å². The van der Waals surface area contributed by atoms with Gasteiger partial charge in [-0.1, -0.05) is 0 Å². The summed E-state index contributed by atoms with van der Waals surface area (Å²) in [4.78, 5) is 10.2. The Morgan fingerprint density at radius 3 is 2.25 bits per heavy atom. The molecule has 1 rings (SSSR count). The van der Waals surface area contributed by atoms with Crippen LogP contribution in [0.3, 0.4) is 0 Å². The van der Waals surface area contributed by atoms with Gasteiger partial charge in [0.2, 0.25) is 15.9 Å². The highest BCUT2D eigenvalue weighted by Gasteiger charge is 2.22. The Labute approximate surface area is 46.9 Å². The summed E-state index contributed by atoms with van der Waals surface area (Å²) in [7, 11) is -3.20. The van der Waals surface area contributed by atoms with Crippen LogP contribution in [0.1, 0.15) is 6.42 Å². The van der Waals surface area contributed by atoms with Crippen molar-refractivity contribution in [1.82, 2.24) is 4.72 Å². The van der Waals surface area contributed by atoms with Gasteiger partial charge < -0.3 is 0 Å². The fourth-order valence-corrected chi connectivity index (χ4v) is 1.51. The molecule has 0 radical (unpaired) electrons. The molecule has 1 saturated heterocycles. The lowest BCUT2D eigenvalue weighted by molar-refractivity contribution is -0.118. The van der Waals surface area contributed by atoms with Crippen LogP contribution in [-0.4, -0.2) is 20.1 Å². The van der Waals surface area contributed by atoms with E-state index in [1.165, 1.54) is 0 Å². The molecule has 0 atom stereocenters. The summed E-state index contributed by atoms with van der Waals surface area (Å²) in [5, 5.41) is 0. The molecule has 5 heteroatoms. The largest absolute Gasteiger partial charge is 0.274 e. The molecule has 0 aromatic rings. The van der Waals surface area contributed by atoms with Gasteiger partial charge in [-0.15, -0.1) is 0 Å². The lowest BCUT2D eigenvalue weighted by Gasteiger charge is -1.85. The molecule has 0 saturated carbocycles. The standard InChI is InChI=1S/C3H5NO3S/c5-3-1-2-8(6,7)4-3/h1-2H2,(H,4,5). The molecule has 1 amide bonds. The van der Waals surface area contributed by atoms with Crippen LogP contribution in [0, 0.1) is 0 Å². The average molecular weight is 135 g/mol. The molecule has 1 fully saturated rings. The van der Waals surface area contributed by atoms with Gasteiger partial charge in [0.1, 0.15) is 0 Å². The van der Waals surface area contributed by atoms with E-state index in [9.17, 15) is 13.2 Å². The highest BCUT2D eigenvalue weighted by Crippen LogP contribution is 1.97. The van der Waals surface area contributed by atoms with E-state index in [1.54, 1.807) is 0 Å².